The Bertz CT molecular complexity index is 2870. The molecule has 0 radical (unpaired) electrons. The van der Waals surface area contributed by atoms with E-state index in [1.54, 1.807) is 0 Å². The van der Waals surface area contributed by atoms with E-state index in [0.29, 0.717) is 12.8 Å². The molecule has 49 heavy (non-hydrogen) atoms. The molecule has 10 rings (SSSR count). The lowest BCUT2D eigenvalue weighted by molar-refractivity contribution is 0.696. The first-order valence-corrected chi connectivity index (χ1v) is 16.9. The van der Waals surface area contributed by atoms with Crippen LogP contribution in [0.15, 0.2) is 158 Å². The second-order valence-corrected chi connectivity index (χ2v) is 13.0. The Labute approximate surface area is 282 Å². The maximum atomic E-state index is 15.6. The van der Waals surface area contributed by atoms with Gasteiger partial charge in [0, 0.05) is 39.2 Å². The van der Waals surface area contributed by atoms with Gasteiger partial charge in [-0.15, -0.1) is 0 Å². The topological polar surface area (TPSA) is 9.86 Å². The van der Waals surface area contributed by atoms with Crippen molar-refractivity contribution in [2.45, 2.75) is 12.8 Å². The summed E-state index contributed by atoms with van der Waals surface area (Å²) in [7, 11) is 0. The van der Waals surface area contributed by atoms with E-state index >= 15 is 4.39 Å². The normalized spacial score (nSPS) is 13.0. The molecular weight excluding hydrogens is 600 g/mol. The van der Waals surface area contributed by atoms with Crippen LogP contribution in [0.25, 0.3) is 89.0 Å². The van der Waals surface area contributed by atoms with Crippen LogP contribution in [0.1, 0.15) is 12.8 Å². The summed E-state index contributed by atoms with van der Waals surface area (Å²) in [5, 5.41) is 7.43. The number of rotatable bonds is 4. The molecule has 1 aliphatic rings. The minimum atomic E-state index is -0.0287. The first-order chi connectivity index (χ1) is 24.2. The summed E-state index contributed by atoms with van der Waals surface area (Å²) < 4.78 is 20.2. The molecule has 0 bridgehead atoms. The fourth-order valence-corrected chi connectivity index (χ4v) is 7.88. The van der Waals surface area contributed by atoms with Crippen LogP contribution in [0.2, 0.25) is 0 Å². The van der Waals surface area contributed by atoms with Crippen LogP contribution in [-0.4, -0.2) is 9.13 Å². The number of nitrogens with zero attached hydrogens (tertiary/aromatic N) is 2. The van der Waals surface area contributed by atoms with Gasteiger partial charge in [-0.05, 0) is 81.9 Å². The largest absolute Gasteiger partial charge is 0.309 e. The number of hydrogen-bond acceptors (Lipinski definition) is 0. The van der Waals surface area contributed by atoms with Crippen molar-refractivity contribution >= 4 is 55.4 Å². The fourth-order valence-electron chi connectivity index (χ4n) is 7.88. The standard InChI is InChI=1S/C46H31FN2/c47-41-14-8-16-43-46(41)40-26-21-35(29-45(40)49(43)37-24-19-31-11-4-5-12-33(31)27-37)34-20-25-39-38-13-6-7-15-42(38)48(44(39)28-34)36-22-17-32(18-23-36)30-9-2-1-3-10-30/h1-7,9-13,15-29H,8,14H2. The highest BCUT2D eigenvalue weighted by molar-refractivity contribution is 6.10. The lowest BCUT2D eigenvalue weighted by atomic mass is 10.0. The molecule has 232 valence electrons. The quantitative estimate of drug-likeness (QED) is 0.183. The van der Waals surface area contributed by atoms with Gasteiger partial charge in [0.25, 0.3) is 0 Å². The Hall–Kier alpha value is -6.19. The van der Waals surface area contributed by atoms with Gasteiger partial charge in [-0.1, -0.05) is 121 Å². The average Bonchev–Trinajstić information content (AvgIpc) is 3.68. The van der Waals surface area contributed by atoms with Crippen molar-refractivity contribution in [1.82, 2.24) is 9.13 Å². The van der Waals surface area contributed by atoms with Gasteiger partial charge in [0.15, 0.2) is 0 Å². The van der Waals surface area contributed by atoms with E-state index in [4.69, 9.17) is 0 Å². The van der Waals surface area contributed by atoms with Crippen LogP contribution in [-0.2, 0) is 0 Å². The summed E-state index contributed by atoms with van der Waals surface area (Å²) in [4.78, 5) is 0. The van der Waals surface area contributed by atoms with Gasteiger partial charge >= 0.3 is 0 Å². The molecule has 0 amide bonds. The van der Waals surface area contributed by atoms with E-state index in [9.17, 15) is 0 Å². The number of para-hydroxylation sites is 1. The van der Waals surface area contributed by atoms with Crippen LogP contribution >= 0.6 is 0 Å². The van der Waals surface area contributed by atoms with Crippen molar-refractivity contribution in [2.24, 2.45) is 0 Å². The number of fused-ring (bicyclic) bond motifs is 7. The minimum Gasteiger partial charge on any atom is -0.309 e. The van der Waals surface area contributed by atoms with Crippen LogP contribution in [0.3, 0.4) is 0 Å². The smallest absolute Gasteiger partial charge is 0.110 e. The van der Waals surface area contributed by atoms with Crippen molar-refractivity contribution in [3.05, 3.63) is 168 Å². The zero-order valence-corrected chi connectivity index (χ0v) is 26.8. The highest BCUT2D eigenvalue weighted by atomic mass is 19.1. The van der Waals surface area contributed by atoms with Gasteiger partial charge in [0.1, 0.15) is 5.83 Å². The summed E-state index contributed by atoms with van der Waals surface area (Å²) >= 11 is 0. The van der Waals surface area contributed by atoms with Crippen LogP contribution < -0.4 is 10.6 Å². The second-order valence-electron chi connectivity index (χ2n) is 13.0. The molecule has 1 aliphatic carbocycles. The summed E-state index contributed by atoms with van der Waals surface area (Å²) in [5.74, 6) is -0.0287. The van der Waals surface area contributed by atoms with Crippen LogP contribution in [0.5, 0.6) is 0 Å². The predicted molar refractivity (Wildman–Crippen MR) is 203 cm³/mol. The van der Waals surface area contributed by atoms with Gasteiger partial charge in [-0.25, -0.2) is 4.39 Å². The number of hydrogen-bond donors (Lipinski definition) is 0. The molecule has 3 heteroatoms. The van der Waals surface area contributed by atoms with E-state index in [0.717, 1.165) is 49.5 Å². The summed E-state index contributed by atoms with van der Waals surface area (Å²) in [6.07, 6.45) is 3.34. The molecule has 0 aliphatic heterocycles. The molecule has 2 nitrogen and oxygen atoms in total. The molecule has 0 fully saturated rings. The van der Waals surface area contributed by atoms with Gasteiger partial charge in [0.05, 0.1) is 21.9 Å². The van der Waals surface area contributed by atoms with Gasteiger partial charge in [-0.3, -0.25) is 0 Å². The molecule has 0 saturated heterocycles. The van der Waals surface area contributed by atoms with E-state index < -0.39 is 0 Å². The Morgan fingerprint density at radius 2 is 1.04 bits per heavy atom. The lowest BCUT2D eigenvalue weighted by Gasteiger charge is -2.12. The molecule has 0 unspecified atom stereocenters. The van der Waals surface area contributed by atoms with E-state index in [1.807, 2.05) is 0 Å². The van der Waals surface area contributed by atoms with Crippen molar-refractivity contribution in [3.8, 4) is 33.6 Å². The third-order valence-corrected chi connectivity index (χ3v) is 10.2. The maximum absolute atomic E-state index is 15.6. The molecule has 2 heterocycles. The van der Waals surface area contributed by atoms with Crippen LogP contribution in [0.4, 0.5) is 4.39 Å². The SMILES string of the molecule is FC1=c2c(n(-c3ccc4ccccc4c3)c3cc(-c4ccc5c6ccccc6n(-c6ccc(-c7ccccc7)cc6)c5c4)ccc23)=CCC1. The molecule has 9 aromatic rings. The summed E-state index contributed by atoms with van der Waals surface area (Å²) in [6, 6.07) is 56.2. The Balaban J connectivity index is 1.18. The molecule has 0 N–H and O–H groups in total. The first kappa shape index (κ1) is 27.9. The number of benzene rings is 7. The van der Waals surface area contributed by atoms with Crippen molar-refractivity contribution < 1.29 is 4.39 Å². The van der Waals surface area contributed by atoms with Gasteiger partial charge in [-0.2, -0.15) is 0 Å². The van der Waals surface area contributed by atoms with Crippen LogP contribution in [0, 0.1) is 0 Å². The molecule has 7 aromatic carbocycles. The van der Waals surface area contributed by atoms with E-state index in [1.165, 1.54) is 38.2 Å². The number of aromatic nitrogens is 2. The van der Waals surface area contributed by atoms with Crippen molar-refractivity contribution in [3.63, 3.8) is 0 Å². The first-order valence-electron chi connectivity index (χ1n) is 16.9. The lowest BCUT2D eigenvalue weighted by Crippen LogP contribution is -2.31. The Kier molecular flexibility index (Phi) is 6.22. The van der Waals surface area contributed by atoms with E-state index in [2.05, 4.69) is 173 Å². The molecule has 0 spiro atoms. The third kappa shape index (κ3) is 4.39. The van der Waals surface area contributed by atoms with Crippen molar-refractivity contribution in [2.75, 3.05) is 0 Å². The molecule has 2 aromatic heterocycles. The highest BCUT2D eigenvalue weighted by Crippen LogP contribution is 2.36. The number of halogens is 1. The van der Waals surface area contributed by atoms with Crippen molar-refractivity contribution in [1.29, 1.82) is 0 Å². The Morgan fingerprint density at radius 3 is 1.86 bits per heavy atom. The zero-order chi connectivity index (χ0) is 32.5. The monoisotopic (exact) mass is 630 g/mol. The third-order valence-electron chi connectivity index (χ3n) is 10.2. The fraction of sp³-hybridized carbons (Fsp3) is 0.0435. The Morgan fingerprint density at radius 1 is 0.429 bits per heavy atom. The molecule has 0 atom stereocenters. The minimum absolute atomic E-state index is 0.0287. The molecule has 0 saturated carbocycles. The second kappa shape index (κ2) is 10.9. The predicted octanol–water partition coefficient (Wildman–Crippen LogP) is 10.9. The van der Waals surface area contributed by atoms with E-state index in [-0.39, 0.29) is 5.83 Å². The van der Waals surface area contributed by atoms with Gasteiger partial charge in [0.2, 0.25) is 0 Å². The maximum Gasteiger partial charge on any atom is 0.110 e. The highest BCUT2D eigenvalue weighted by Gasteiger charge is 2.18. The summed E-state index contributed by atoms with van der Waals surface area (Å²) in [5.41, 5.74) is 10.1. The molecular formula is C46H31FN2. The zero-order valence-electron chi connectivity index (χ0n) is 26.8. The summed E-state index contributed by atoms with van der Waals surface area (Å²) in [6.45, 7) is 0. The van der Waals surface area contributed by atoms with Gasteiger partial charge < -0.3 is 9.13 Å². The average molecular weight is 631 g/mol.